The molecule has 0 N–H and O–H groups in total. The van der Waals surface area contributed by atoms with Crippen LogP contribution in [0.2, 0.25) is 0 Å². The third-order valence-corrected chi connectivity index (χ3v) is 3.90. The maximum atomic E-state index is 2.23. The molecule has 0 radical (unpaired) electrons. The Hall–Kier alpha value is -0.200. The van der Waals surface area contributed by atoms with Crippen LogP contribution in [-0.4, -0.2) is 0 Å². The van der Waals surface area contributed by atoms with Gasteiger partial charge in [-0.2, -0.15) is 4.57 Å². The maximum absolute atomic E-state index is 2.23. The molecule has 1 nitrogen and oxygen atoms in total. The highest BCUT2D eigenvalue weighted by atomic mass is 127. The van der Waals surface area contributed by atoms with Gasteiger partial charge in [0.2, 0.25) is 5.52 Å². The van der Waals surface area contributed by atoms with Crippen molar-refractivity contribution >= 4 is 43.7 Å². The first-order valence-electron chi connectivity index (χ1n) is 4.08. The molecule has 3 aromatic heterocycles. The summed E-state index contributed by atoms with van der Waals surface area (Å²) in [6.45, 7) is 0. The van der Waals surface area contributed by atoms with Gasteiger partial charge in [0.05, 0.1) is 15.5 Å². The first-order chi connectivity index (χ1) is 6.36. The number of nitrogens with zero attached hydrogens (tertiary/aromatic N) is 1. The molecule has 4 heteroatoms. The summed E-state index contributed by atoms with van der Waals surface area (Å²) in [6.07, 6.45) is 2.20. The van der Waals surface area contributed by atoms with Crippen LogP contribution < -0.4 is 28.5 Å². The Labute approximate surface area is 107 Å². The summed E-state index contributed by atoms with van der Waals surface area (Å²) < 4.78 is 3.57. The number of aromatic nitrogens is 1. The molecule has 0 unspecified atom stereocenters. The van der Waals surface area contributed by atoms with Crippen molar-refractivity contribution in [1.29, 1.82) is 0 Å². The minimum Gasteiger partial charge on any atom is -1.00 e. The van der Waals surface area contributed by atoms with E-state index >= 15 is 0 Å². The number of thiophene rings is 2. The fourth-order valence-corrected chi connectivity index (χ4v) is 3.40. The standard InChI is InChI=1S/C10H8NS2.HI/c1-11-4-10-7(2-3-13-10)8-5-12-6-9(8)11;/h2-6H,1H3;1H/q+1;/p-1. The molecular formula is C10H8INS2. The van der Waals surface area contributed by atoms with Crippen molar-refractivity contribution in [1.82, 2.24) is 0 Å². The molecule has 0 aliphatic rings. The van der Waals surface area contributed by atoms with Crippen LogP contribution in [0.1, 0.15) is 0 Å². The van der Waals surface area contributed by atoms with Gasteiger partial charge in [-0.25, -0.2) is 0 Å². The average Bonchev–Trinajstić information content (AvgIpc) is 2.66. The molecule has 0 spiro atoms. The molecule has 3 aromatic rings. The highest BCUT2D eigenvalue weighted by Crippen LogP contribution is 2.28. The Balaban J connectivity index is 0.000000750. The normalized spacial score (nSPS) is 10.6. The minimum absolute atomic E-state index is 0. The highest BCUT2D eigenvalue weighted by molar-refractivity contribution is 7.17. The van der Waals surface area contributed by atoms with E-state index in [1.807, 2.05) is 0 Å². The van der Waals surface area contributed by atoms with E-state index in [0.717, 1.165) is 0 Å². The van der Waals surface area contributed by atoms with Crippen LogP contribution in [0, 0.1) is 0 Å². The van der Waals surface area contributed by atoms with Crippen LogP contribution in [0.4, 0.5) is 0 Å². The number of hydrogen-bond acceptors (Lipinski definition) is 2. The van der Waals surface area contributed by atoms with Crippen LogP contribution in [-0.2, 0) is 7.05 Å². The molecule has 0 atom stereocenters. The molecule has 14 heavy (non-hydrogen) atoms. The molecule has 0 saturated carbocycles. The van der Waals surface area contributed by atoms with Crippen molar-refractivity contribution in [3.8, 4) is 0 Å². The topological polar surface area (TPSA) is 3.88 Å². The summed E-state index contributed by atoms with van der Waals surface area (Å²) in [6, 6.07) is 2.20. The third-order valence-electron chi connectivity index (χ3n) is 2.32. The van der Waals surface area contributed by atoms with Crippen LogP contribution in [0.5, 0.6) is 0 Å². The second kappa shape index (κ2) is 3.75. The number of halogens is 1. The van der Waals surface area contributed by atoms with Crippen LogP contribution in [0.3, 0.4) is 0 Å². The number of fused-ring (bicyclic) bond motifs is 3. The van der Waals surface area contributed by atoms with Gasteiger partial charge in [0.15, 0.2) is 6.20 Å². The second-order valence-electron chi connectivity index (χ2n) is 3.11. The molecule has 72 valence electrons. The van der Waals surface area contributed by atoms with Gasteiger partial charge in [-0.05, 0) is 11.4 Å². The molecule has 3 heterocycles. The van der Waals surface area contributed by atoms with E-state index in [1.165, 1.54) is 21.0 Å². The van der Waals surface area contributed by atoms with E-state index < -0.39 is 0 Å². The monoisotopic (exact) mass is 333 g/mol. The third kappa shape index (κ3) is 1.36. The van der Waals surface area contributed by atoms with Crippen molar-refractivity contribution in [2.45, 2.75) is 0 Å². The summed E-state index contributed by atoms with van der Waals surface area (Å²) in [5.74, 6) is 0. The van der Waals surface area contributed by atoms with Crippen LogP contribution in [0.25, 0.3) is 21.0 Å². The number of aryl methyl sites for hydroxylation is 1. The molecule has 0 saturated heterocycles. The van der Waals surface area contributed by atoms with Gasteiger partial charge in [-0.3, -0.25) is 0 Å². The predicted octanol–water partition coefficient (Wildman–Crippen LogP) is -0.0555. The Kier molecular flexibility index (Phi) is 2.77. The first-order valence-corrected chi connectivity index (χ1v) is 5.90. The van der Waals surface area contributed by atoms with Gasteiger partial charge in [0.1, 0.15) is 7.05 Å². The zero-order valence-electron chi connectivity index (χ0n) is 7.53. The van der Waals surface area contributed by atoms with E-state index in [2.05, 4.69) is 40.0 Å². The van der Waals surface area contributed by atoms with Crippen LogP contribution in [0.15, 0.2) is 28.4 Å². The zero-order chi connectivity index (χ0) is 8.84. The van der Waals surface area contributed by atoms with Gasteiger partial charge in [0.25, 0.3) is 0 Å². The molecular weight excluding hydrogens is 325 g/mol. The molecule has 0 bridgehead atoms. The highest BCUT2D eigenvalue weighted by Gasteiger charge is 2.11. The van der Waals surface area contributed by atoms with E-state index in [9.17, 15) is 0 Å². The van der Waals surface area contributed by atoms with Gasteiger partial charge in [-0.1, -0.05) is 0 Å². The van der Waals surface area contributed by atoms with Gasteiger partial charge in [0, 0.05) is 10.8 Å². The summed E-state index contributed by atoms with van der Waals surface area (Å²) in [4.78, 5) is 0. The number of hydrogen-bond donors (Lipinski definition) is 0. The van der Waals surface area contributed by atoms with Crippen molar-refractivity contribution in [2.24, 2.45) is 7.05 Å². The molecule has 0 amide bonds. The Morgan fingerprint density at radius 3 is 2.93 bits per heavy atom. The quantitative estimate of drug-likeness (QED) is 0.401. The molecule has 0 fully saturated rings. The first kappa shape index (κ1) is 10.3. The lowest BCUT2D eigenvalue weighted by Gasteiger charge is -1.91. The SMILES string of the molecule is C[n+]1cc2sccc2c2cscc21.[I-]. The average molecular weight is 333 g/mol. The lowest BCUT2D eigenvalue weighted by atomic mass is 10.2. The summed E-state index contributed by atoms with van der Waals surface area (Å²) >= 11 is 3.57. The Bertz CT molecular complexity index is 582. The zero-order valence-corrected chi connectivity index (χ0v) is 11.3. The van der Waals surface area contributed by atoms with E-state index in [4.69, 9.17) is 0 Å². The van der Waals surface area contributed by atoms with Crippen molar-refractivity contribution in [3.63, 3.8) is 0 Å². The van der Waals surface area contributed by atoms with Gasteiger partial charge >= 0.3 is 0 Å². The summed E-state index contributed by atoms with van der Waals surface area (Å²) in [5.41, 5.74) is 1.33. The lowest BCUT2D eigenvalue weighted by Crippen LogP contribution is -3.00. The van der Waals surface area contributed by atoms with Gasteiger partial charge < -0.3 is 24.0 Å². The fraction of sp³-hybridized carbons (Fsp3) is 0.100. The summed E-state index contributed by atoms with van der Waals surface area (Å²) in [7, 11) is 2.11. The Morgan fingerprint density at radius 2 is 2.07 bits per heavy atom. The smallest absolute Gasteiger partial charge is 0.223 e. The van der Waals surface area contributed by atoms with E-state index in [-0.39, 0.29) is 24.0 Å². The minimum atomic E-state index is 0. The van der Waals surface area contributed by atoms with Crippen molar-refractivity contribution in [2.75, 3.05) is 0 Å². The van der Waals surface area contributed by atoms with E-state index in [0.29, 0.717) is 0 Å². The van der Waals surface area contributed by atoms with E-state index in [1.54, 1.807) is 22.7 Å². The Morgan fingerprint density at radius 1 is 1.21 bits per heavy atom. The predicted molar refractivity (Wildman–Crippen MR) is 58.4 cm³/mol. The fourth-order valence-electron chi connectivity index (χ4n) is 1.65. The molecule has 3 rings (SSSR count). The second-order valence-corrected chi connectivity index (χ2v) is 4.80. The number of pyridine rings is 1. The van der Waals surface area contributed by atoms with Gasteiger partial charge in [-0.15, -0.1) is 22.7 Å². The van der Waals surface area contributed by atoms with Crippen molar-refractivity contribution in [3.05, 3.63) is 28.4 Å². The largest absolute Gasteiger partial charge is 1.00 e. The molecule has 0 aliphatic carbocycles. The summed E-state index contributed by atoms with van der Waals surface area (Å²) in [5, 5.41) is 9.35. The van der Waals surface area contributed by atoms with Crippen LogP contribution >= 0.6 is 22.7 Å². The van der Waals surface area contributed by atoms with Crippen molar-refractivity contribution < 1.29 is 28.5 Å². The maximum Gasteiger partial charge on any atom is 0.223 e. The lowest BCUT2D eigenvalue weighted by molar-refractivity contribution is -0.643. The molecule has 0 aliphatic heterocycles. The number of rotatable bonds is 0. The molecule has 0 aromatic carbocycles.